The Kier molecular flexibility index (Phi) is 2.65. The molecule has 2 nitrogen and oxygen atoms in total. The van der Waals surface area contributed by atoms with Crippen molar-refractivity contribution in [2.75, 3.05) is 0 Å². The van der Waals surface area contributed by atoms with E-state index < -0.39 is 0 Å². The first kappa shape index (κ1) is 8.27. The quantitative estimate of drug-likeness (QED) is 0.719. The first-order valence-electron chi connectivity index (χ1n) is 3.54. The molecule has 11 heavy (non-hydrogen) atoms. The largest absolute Gasteiger partial charge is 0.349 e. The molecule has 1 aromatic rings. The Labute approximate surface area is 70.2 Å². The van der Waals surface area contributed by atoms with Gasteiger partial charge >= 0.3 is 0 Å². The lowest BCUT2D eigenvalue weighted by atomic mass is 10.3. The monoisotopic (exact) mass is 169 g/mol. The number of hydrogen-bond acceptors (Lipinski definition) is 2. The number of rotatable bonds is 2. The van der Waals surface area contributed by atoms with Gasteiger partial charge in [-0.05, 0) is 25.3 Å². The Bertz CT molecular complexity index is 228. The molecular formula is C8H11NOS. The Morgan fingerprint density at radius 3 is 2.82 bits per heavy atom. The van der Waals surface area contributed by atoms with Crippen molar-refractivity contribution in [1.29, 1.82) is 0 Å². The van der Waals surface area contributed by atoms with Crippen LogP contribution in [-0.2, 0) is 0 Å². The molecule has 3 heteroatoms. The van der Waals surface area contributed by atoms with E-state index in [1.54, 1.807) is 0 Å². The lowest BCUT2D eigenvalue weighted by molar-refractivity contribution is 0.0947. The molecule has 0 atom stereocenters. The molecule has 0 saturated heterocycles. The summed E-state index contributed by atoms with van der Waals surface area (Å²) >= 11 is 1.46. The van der Waals surface area contributed by atoms with Gasteiger partial charge in [-0.2, -0.15) is 0 Å². The van der Waals surface area contributed by atoms with Crippen molar-refractivity contribution < 1.29 is 4.79 Å². The summed E-state index contributed by atoms with van der Waals surface area (Å²) in [6, 6.07) is 3.91. The number of amides is 1. The Morgan fingerprint density at radius 1 is 1.64 bits per heavy atom. The summed E-state index contributed by atoms with van der Waals surface area (Å²) < 4.78 is 0. The van der Waals surface area contributed by atoms with Gasteiger partial charge < -0.3 is 5.32 Å². The van der Waals surface area contributed by atoms with Crippen LogP contribution in [0.2, 0.25) is 0 Å². The van der Waals surface area contributed by atoms with Crippen molar-refractivity contribution in [3.63, 3.8) is 0 Å². The molecule has 0 aliphatic carbocycles. The molecule has 0 spiro atoms. The second kappa shape index (κ2) is 3.53. The molecule has 1 amide bonds. The van der Waals surface area contributed by atoms with Crippen molar-refractivity contribution in [2.45, 2.75) is 19.9 Å². The van der Waals surface area contributed by atoms with E-state index in [2.05, 4.69) is 5.32 Å². The predicted molar refractivity (Wildman–Crippen MR) is 46.9 cm³/mol. The van der Waals surface area contributed by atoms with E-state index in [1.807, 2.05) is 31.4 Å². The molecule has 1 heterocycles. The maximum absolute atomic E-state index is 11.2. The van der Waals surface area contributed by atoms with Crippen molar-refractivity contribution in [3.8, 4) is 0 Å². The minimum atomic E-state index is 0.0231. The van der Waals surface area contributed by atoms with Gasteiger partial charge in [-0.15, -0.1) is 11.3 Å². The molecule has 0 bridgehead atoms. The van der Waals surface area contributed by atoms with Gasteiger partial charge in [0, 0.05) is 6.04 Å². The van der Waals surface area contributed by atoms with Gasteiger partial charge in [0.2, 0.25) is 0 Å². The summed E-state index contributed by atoms with van der Waals surface area (Å²) in [6.45, 7) is 3.90. The summed E-state index contributed by atoms with van der Waals surface area (Å²) in [5, 5.41) is 4.71. The molecule has 0 saturated carbocycles. The van der Waals surface area contributed by atoms with Crippen LogP contribution in [0, 0.1) is 0 Å². The van der Waals surface area contributed by atoms with Crippen LogP contribution in [0.25, 0.3) is 0 Å². The second-order valence-electron chi connectivity index (χ2n) is 2.61. The van der Waals surface area contributed by atoms with E-state index >= 15 is 0 Å². The number of carbonyl (C=O) groups is 1. The van der Waals surface area contributed by atoms with Crippen LogP contribution in [0.4, 0.5) is 0 Å². The van der Waals surface area contributed by atoms with Crippen molar-refractivity contribution in [2.24, 2.45) is 0 Å². The maximum Gasteiger partial charge on any atom is 0.261 e. The van der Waals surface area contributed by atoms with Crippen molar-refractivity contribution in [3.05, 3.63) is 22.4 Å². The zero-order chi connectivity index (χ0) is 8.27. The van der Waals surface area contributed by atoms with E-state index in [-0.39, 0.29) is 11.9 Å². The molecule has 1 rings (SSSR count). The summed E-state index contributed by atoms with van der Waals surface area (Å²) in [5.41, 5.74) is 0. The fourth-order valence-electron chi connectivity index (χ4n) is 0.741. The molecule has 0 radical (unpaired) electrons. The molecule has 1 aromatic heterocycles. The standard InChI is InChI=1S/C8H11NOS/c1-6(2)9-8(10)7-4-3-5-11-7/h3-6H,1-2H3,(H,9,10). The average Bonchev–Trinajstić information content (AvgIpc) is 2.35. The van der Waals surface area contributed by atoms with Gasteiger partial charge in [-0.1, -0.05) is 6.07 Å². The highest BCUT2D eigenvalue weighted by molar-refractivity contribution is 7.12. The lowest BCUT2D eigenvalue weighted by Crippen LogP contribution is -2.29. The van der Waals surface area contributed by atoms with E-state index in [4.69, 9.17) is 0 Å². The fourth-order valence-corrected chi connectivity index (χ4v) is 1.37. The van der Waals surface area contributed by atoms with Gasteiger partial charge in [-0.25, -0.2) is 0 Å². The SMILES string of the molecule is CC(C)NC(=O)c1cccs1. The van der Waals surface area contributed by atoms with Crippen LogP contribution < -0.4 is 5.32 Å². The zero-order valence-corrected chi connectivity index (χ0v) is 7.44. The highest BCUT2D eigenvalue weighted by Gasteiger charge is 2.05. The molecule has 0 aliphatic rings. The van der Waals surface area contributed by atoms with Crippen LogP contribution in [0.5, 0.6) is 0 Å². The zero-order valence-electron chi connectivity index (χ0n) is 6.63. The third kappa shape index (κ3) is 2.35. The number of carbonyl (C=O) groups excluding carboxylic acids is 1. The summed E-state index contributed by atoms with van der Waals surface area (Å²) in [7, 11) is 0. The van der Waals surface area contributed by atoms with Gasteiger partial charge in [-0.3, -0.25) is 4.79 Å². The molecule has 1 N–H and O–H groups in total. The number of thiophene rings is 1. The number of hydrogen-bond donors (Lipinski definition) is 1. The molecule has 60 valence electrons. The highest BCUT2D eigenvalue weighted by atomic mass is 32.1. The minimum Gasteiger partial charge on any atom is -0.349 e. The summed E-state index contributed by atoms with van der Waals surface area (Å²) in [5.74, 6) is 0.0231. The topological polar surface area (TPSA) is 29.1 Å². The van der Waals surface area contributed by atoms with Gasteiger partial charge in [0.15, 0.2) is 0 Å². The molecular weight excluding hydrogens is 158 g/mol. The van der Waals surface area contributed by atoms with Crippen LogP contribution in [0.3, 0.4) is 0 Å². The third-order valence-electron chi connectivity index (χ3n) is 1.16. The summed E-state index contributed by atoms with van der Waals surface area (Å²) in [6.07, 6.45) is 0. The molecule has 0 fully saturated rings. The Hall–Kier alpha value is -0.830. The van der Waals surface area contributed by atoms with Crippen LogP contribution in [0.15, 0.2) is 17.5 Å². The Morgan fingerprint density at radius 2 is 2.36 bits per heavy atom. The first-order chi connectivity index (χ1) is 5.20. The van der Waals surface area contributed by atoms with Crippen LogP contribution >= 0.6 is 11.3 Å². The maximum atomic E-state index is 11.2. The normalized spacial score (nSPS) is 10.1. The Balaban J connectivity index is 2.57. The smallest absolute Gasteiger partial charge is 0.261 e. The minimum absolute atomic E-state index is 0.0231. The van der Waals surface area contributed by atoms with Crippen LogP contribution in [-0.4, -0.2) is 11.9 Å². The van der Waals surface area contributed by atoms with Gasteiger partial charge in [0.25, 0.3) is 5.91 Å². The van der Waals surface area contributed by atoms with Gasteiger partial charge in [0.1, 0.15) is 0 Å². The molecule has 0 aliphatic heterocycles. The summed E-state index contributed by atoms with van der Waals surface area (Å²) in [4.78, 5) is 12.0. The van der Waals surface area contributed by atoms with E-state index in [9.17, 15) is 4.79 Å². The van der Waals surface area contributed by atoms with Crippen molar-refractivity contribution >= 4 is 17.2 Å². The first-order valence-corrected chi connectivity index (χ1v) is 4.42. The predicted octanol–water partition coefficient (Wildman–Crippen LogP) is 1.89. The fraction of sp³-hybridized carbons (Fsp3) is 0.375. The average molecular weight is 169 g/mol. The highest BCUT2D eigenvalue weighted by Crippen LogP contribution is 2.07. The second-order valence-corrected chi connectivity index (χ2v) is 3.55. The lowest BCUT2D eigenvalue weighted by Gasteiger charge is -2.05. The van der Waals surface area contributed by atoms with Gasteiger partial charge in [0.05, 0.1) is 4.88 Å². The molecule has 0 aromatic carbocycles. The third-order valence-corrected chi connectivity index (χ3v) is 2.03. The van der Waals surface area contributed by atoms with E-state index in [0.29, 0.717) is 0 Å². The van der Waals surface area contributed by atoms with Crippen molar-refractivity contribution in [1.82, 2.24) is 5.32 Å². The molecule has 0 unspecified atom stereocenters. The van der Waals surface area contributed by atoms with E-state index in [0.717, 1.165) is 4.88 Å². The number of nitrogens with one attached hydrogen (secondary N) is 1. The van der Waals surface area contributed by atoms with E-state index in [1.165, 1.54) is 11.3 Å². The van der Waals surface area contributed by atoms with Crippen LogP contribution in [0.1, 0.15) is 23.5 Å².